The lowest BCUT2D eigenvalue weighted by molar-refractivity contribution is -0.285. The van der Waals surface area contributed by atoms with E-state index in [2.05, 4.69) is 91.8 Å². The van der Waals surface area contributed by atoms with Gasteiger partial charge in [0.25, 0.3) is 0 Å². The predicted octanol–water partition coefficient (Wildman–Crippen LogP) is 12.2. The molecule has 0 radical (unpaired) electrons. The molecule has 2 rings (SSSR count). The van der Waals surface area contributed by atoms with Gasteiger partial charge in [-0.2, -0.15) is 0 Å². The molecule has 0 bridgehead atoms. The number of hydrogen-bond donors (Lipinski definition) is 1. The number of rotatable bonds is 33. The number of allylic oxidation sites excluding steroid dienone is 6. The van der Waals surface area contributed by atoms with Gasteiger partial charge < -0.3 is 47.7 Å². The summed E-state index contributed by atoms with van der Waals surface area (Å²) in [7, 11) is -2.52. The van der Waals surface area contributed by atoms with Crippen LogP contribution in [0.5, 0.6) is 0 Å². The van der Waals surface area contributed by atoms with Crippen molar-refractivity contribution in [3.8, 4) is 0 Å². The van der Waals surface area contributed by atoms with Crippen molar-refractivity contribution in [2.45, 2.75) is 187 Å². The number of esters is 1. The van der Waals surface area contributed by atoms with E-state index in [4.69, 9.17) is 47.6 Å². The number of aliphatic hydroxyl groups excluding tert-OH is 1. The van der Waals surface area contributed by atoms with Crippen LogP contribution < -0.4 is 0 Å². The number of ether oxygens (including phenoxy) is 9. The number of aliphatic hydroxyl groups is 1. The number of carbonyl (C=O) groups excluding carboxylic acids is 1. The van der Waals surface area contributed by atoms with Crippen LogP contribution in [0.2, 0.25) is 77.1 Å². The molecule has 0 amide bonds. The lowest BCUT2D eigenvalue weighted by atomic mass is 9.89. The molecule has 0 unspecified atom stereocenters. The average Bonchev–Trinajstić information content (AvgIpc) is 3.69. The Hall–Kier alpha value is -1.91. The third-order valence-electron chi connectivity index (χ3n) is 11.5. The number of hydrogen-bond acceptors (Lipinski definition) is 13. The van der Waals surface area contributed by atoms with Crippen LogP contribution >= 0.6 is 11.3 Å². The Kier molecular flexibility index (Phi) is 28.2. The Balaban J connectivity index is 2.40. The fourth-order valence-corrected chi connectivity index (χ4v) is 10.4. The summed E-state index contributed by atoms with van der Waals surface area (Å²) in [6, 6.07) is 3.09. The van der Waals surface area contributed by atoms with Crippen molar-refractivity contribution >= 4 is 47.6 Å². The highest BCUT2D eigenvalue weighted by atomic mass is 32.1. The highest BCUT2D eigenvalue weighted by molar-refractivity contribution is 7.09. The summed E-state index contributed by atoms with van der Waals surface area (Å²) in [6.07, 6.45) is 12.8. The van der Waals surface area contributed by atoms with Gasteiger partial charge in [-0.3, -0.25) is 0 Å². The van der Waals surface area contributed by atoms with Gasteiger partial charge in [0.2, 0.25) is 0 Å². The summed E-state index contributed by atoms with van der Waals surface area (Å²) in [6.45, 7) is 37.6. The van der Waals surface area contributed by atoms with Crippen LogP contribution in [0.4, 0.5) is 0 Å². The maximum absolute atomic E-state index is 12.1. The molecule has 0 aromatic carbocycles. The first-order valence-corrected chi connectivity index (χ1v) is 36.7. The lowest BCUT2D eigenvalue weighted by Crippen LogP contribution is -2.45. The van der Waals surface area contributed by atoms with E-state index in [1.165, 1.54) is 29.6 Å². The Morgan fingerprint density at radius 1 is 0.882 bits per heavy atom. The fraction of sp³-hybridized carbons (Fsp3) is 0.731. The van der Waals surface area contributed by atoms with Crippen LogP contribution in [0.1, 0.15) is 84.3 Å². The summed E-state index contributed by atoms with van der Waals surface area (Å²) in [5.41, 5.74) is 3.57. The molecule has 16 heteroatoms. The van der Waals surface area contributed by atoms with Gasteiger partial charge in [-0.05, 0) is 84.5 Å². The van der Waals surface area contributed by atoms with E-state index in [0.29, 0.717) is 50.5 Å². The number of nitrogens with zero attached hydrogens (tertiary/aromatic N) is 1. The molecular weight excluding hydrogens is 931 g/mol. The molecule has 2 heterocycles. The zero-order valence-corrected chi connectivity index (χ0v) is 49.1. The second-order valence-corrected chi connectivity index (χ2v) is 40.2. The molecule has 1 aromatic rings. The van der Waals surface area contributed by atoms with E-state index in [9.17, 15) is 9.90 Å². The summed E-state index contributed by atoms with van der Waals surface area (Å²) in [5, 5.41) is 14.8. The zero-order chi connectivity index (χ0) is 51.1. The third kappa shape index (κ3) is 27.1. The quantitative estimate of drug-likeness (QED) is 0.0179. The van der Waals surface area contributed by atoms with Crippen LogP contribution in [0, 0.1) is 5.92 Å². The molecule has 390 valence electrons. The molecule has 1 aliphatic heterocycles. The topological polar surface area (TPSA) is 133 Å². The first-order chi connectivity index (χ1) is 31.7. The molecule has 68 heavy (non-hydrogen) atoms. The van der Waals surface area contributed by atoms with Gasteiger partial charge in [0, 0.05) is 61.4 Å². The molecule has 0 aliphatic carbocycles. The van der Waals surface area contributed by atoms with Crippen molar-refractivity contribution in [2.75, 3.05) is 53.9 Å². The largest absolute Gasteiger partial charge is 0.466 e. The molecule has 1 saturated heterocycles. The molecule has 7 atom stereocenters. The van der Waals surface area contributed by atoms with Crippen molar-refractivity contribution in [3.63, 3.8) is 0 Å². The fourth-order valence-electron chi connectivity index (χ4n) is 7.21. The summed E-state index contributed by atoms with van der Waals surface area (Å²) < 4.78 is 55.1. The summed E-state index contributed by atoms with van der Waals surface area (Å²) in [5.74, 6) is -1.37. The maximum Gasteiger partial charge on any atom is 0.333 e. The number of carbonyl (C=O) groups is 1. The van der Waals surface area contributed by atoms with E-state index in [0.717, 1.165) is 29.6 Å². The van der Waals surface area contributed by atoms with Crippen LogP contribution in [0.15, 0.2) is 58.6 Å². The summed E-state index contributed by atoms with van der Waals surface area (Å²) >= 11 is 1.51. The van der Waals surface area contributed by atoms with Gasteiger partial charge >= 0.3 is 5.97 Å². The first kappa shape index (κ1) is 62.2. The Morgan fingerprint density at radius 3 is 1.99 bits per heavy atom. The molecule has 1 aliphatic rings. The molecule has 1 N–H and O–H groups in total. The monoisotopic (exact) mass is 1020 g/mol. The van der Waals surface area contributed by atoms with E-state index in [1.807, 2.05) is 50.5 Å². The second kappa shape index (κ2) is 30.9. The Morgan fingerprint density at radius 2 is 1.44 bits per heavy atom. The normalized spacial score (nSPS) is 20.2. The van der Waals surface area contributed by atoms with Gasteiger partial charge in [-0.15, -0.1) is 11.3 Å². The molecule has 1 aromatic heterocycles. The van der Waals surface area contributed by atoms with Crippen LogP contribution in [-0.2, 0) is 47.4 Å². The number of methoxy groups -OCH3 is 1. The first-order valence-electron chi connectivity index (χ1n) is 24.7. The van der Waals surface area contributed by atoms with E-state index < -0.39 is 54.3 Å². The number of thiazole rings is 1. The minimum absolute atomic E-state index is 0.00508. The van der Waals surface area contributed by atoms with E-state index >= 15 is 0 Å². The minimum Gasteiger partial charge on any atom is -0.466 e. The zero-order valence-electron chi connectivity index (χ0n) is 45.2. The molecular formula is C52H93NO11SSi3. The second-order valence-electron chi connectivity index (χ2n) is 22.4. The van der Waals surface area contributed by atoms with Crippen molar-refractivity contribution in [1.29, 1.82) is 0 Å². The molecule has 0 spiro atoms. The van der Waals surface area contributed by atoms with Crippen LogP contribution in [-0.4, -0.2) is 131 Å². The highest BCUT2D eigenvalue weighted by Crippen LogP contribution is 2.37. The van der Waals surface area contributed by atoms with Crippen molar-refractivity contribution in [3.05, 3.63) is 69.3 Å². The number of aromatic nitrogens is 1. The van der Waals surface area contributed by atoms with Gasteiger partial charge in [-0.1, -0.05) is 113 Å². The van der Waals surface area contributed by atoms with Gasteiger partial charge in [-0.25, -0.2) is 9.78 Å². The van der Waals surface area contributed by atoms with Crippen LogP contribution in [0.25, 0.3) is 6.08 Å². The van der Waals surface area contributed by atoms with Crippen molar-refractivity contribution in [2.24, 2.45) is 5.92 Å². The third-order valence-corrected chi connectivity index (χ3v) is 17.6. The Bertz CT molecular complexity index is 1760. The SMILES string of the molecule is C/C=C(C)/C=C(\C)C[C@H](C)[C@@H](OCOCC[Si](C)(C)C)[C@H](OCOCC[Si](C)(C)C)[C@@H](O)C/C=C\C=C\[C@H](C[C@@H]1OC(C)(C)OC[C@H]1c1nc(/C=C(\C)C(=O)OC)cs1)OCOCC[Si](C)(C)C. The van der Waals surface area contributed by atoms with Crippen LogP contribution in [0.3, 0.4) is 0 Å². The standard InChI is InChI=1S/C52H93NO11SSi3/c1-18-39(2)30-40(3)31-41(4)48(61-37-58-25-28-67(12,13)14)49(62-38-59-26-29-68(15,16)17)46(54)23-21-19-20-22-44(60-36-57-24-27-66(9,10)11)33-47-45(34-63-52(6,7)64-47)50-53-43(35-65-50)32-42(5)51(55)56-8/h18-22,30,32,35,41,44-49,54H,23-29,31,33-34,36-38H2,1-17H3/b21-19-,22-20+,39-18+,40-30+,42-32+/t41-,44+,45+,46-,47-,48+,49+/m0/s1. The van der Waals surface area contributed by atoms with Crippen molar-refractivity contribution < 1.29 is 52.5 Å². The molecule has 1 fully saturated rings. The van der Waals surface area contributed by atoms with Gasteiger partial charge in [0.15, 0.2) is 5.79 Å². The minimum atomic E-state index is -1.31. The highest BCUT2D eigenvalue weighted by Gasteiger charge is 2.40. The summed E-state index contributed by atoms with van der Waals surface area (Å²) in [4.78, 5) is 17.0. The lowest BCUT2D eigenvalue weighted by Gasteiger charge is -2.41. The maximum atomic E-state index is 12.1. The predicted molar refractivity (Wildman–Crippen MR) is 287 cm³/mol. The van der Waals surface area contributed by atoms with Crippen molar-refractivity contribution in [1.82, 2.24) is 4.98 Å². The van der Waals surface area contributed by atoms with E-state index in [1.54, 1.807) is 13.0 Å². The molecule has 12 nitrogen and oxygen atoms in total. The average molecular weight is 1020 g/mol. The van der Waals surface area contributed by atoms with Gasteiger partial charge in [0.1, 0.15) is 31.5 Å². The molecule has 0 saturated carbocycles. The Labute approximate surface area is 419 Å². The smallest absolute Gasteiger partial charge is 0.333 e. The van der Waals surface area contributed by atoms with E-state index in [-0.39, 0.29) is 44.4 Å². The van der Waals surface area contributed by atoms with Gasteiger partial charge in [0.05, 0.1) is 49.7 Å².